The van der Waals surface area contributed by atoms with Gasteiger partial charge in [0.05, 0.1) is 24.1 Å². The van der Waals surface area contributed by atoms with Crippen molar-refractivity contribution in [1.29, 1.82) is 5.41 Å². The molecule has 0 aliphatic rings. The van der Waals surface area contributed by atoms with Gasteiger partial charge in [0.2, 0.25) is 0 Å². The summed E-state index contributed by atoms with van der Waals surface area (Å²) in [6.45, 7) is 0. The molecule has 2 rings (SSSR count). The van der Waals surface area contributed by atoms with Crippen LogP contribution in [-0.2, 0) is 0 Å². The van der Waals surface area contributed by atoms with Gasteiger partial charge in [-0.3, -0.25) is 16.1 Å². The maximum atomic E-state index is 8.73. The molecule has 0 bridgehead atoms. The molecule has 3 N–H and O–H groups in total. The first-order valence-electron chi connectivity index (χ1n) is 4.95. The van der Waals surface area contributed by atoms with E-state index in [9.17, 15) is 0 Å². The first-order valence-corrected chi connectivity index (χ1v) is 6.14. The van der Waals surface area contributed by atoms with Gasteiger partial charge in [-0.1, -0.05) is 11.6 Å². The van der Waals surface area contributed by atoms with E-state index < -0.39 is 0 Å². The van der Waals surface area contributed by atoms with Crippen molar-refractivity contribution in [2.45, 2.75) is 0 Å². The first kappa shape index (κ1) is 12.9. The Labute approximate surface area is 112 Å². The van der Waals surface area contributed by atoms with Crippen molar-refractivity contribution in [3.8, 4) is 11.5 Å². The van der Waals surface area contributed by atoms with Crippen LogP contribution in [0.5, 0.6) is 11.5 Å². The van der Waals surface area contributed by atoms with Gasteiger partial charge in [0.1, 0.15) is 0 Å². The number of amidine groups is 1. The molecule has 1 aromatic heterocycles. The third-order valence-electron chi connectivity index (χ3n) is 2.46. The summed E-state index contributed by atoms with van der Waals surface area (Å²) in [7, 11) is 3.05. The molecule has 0 atom stereocenters. The van der Waals surface area contributed by atoms with E-state index in [1.807, 2.05) is 0 Å². The number of thiophene rings is 1. The number of fused-ring (bicyclic) bond motifs is 1. The standard InChI is InChI=1S/C11H11ClN2O3S/c1-16-6-4-7-5(9(12)10(6)17-2)3-8(18-7)11(13)14-15/h3-4,15H,1-2H3,(H2,13,14). The van der Waals surface area contributed by atoms with Crippen molar-refractivity contribution in [3.05, 3.63) is 22.0 Å². The fourth-order valence-electron chi connectivity index (χ4n) is 1.62. The molecule has 0 unspecified atom stereocenters. The van der Waals surface area contributed by atoms with Gasteiger partial charge in [0, 0.05) is 16.2 Å². The fourth-order valence-corrected chi connectivity index (χ4v) is 3.00. The summed E-state index contributed by atoms with van der Waals surface area (Å²) >= 11 is 7.56. The SMILES string of the molecule is COc1cc2sc(C(=N)NO)cc2c(Cl)c1OC. The van der Waals surface area contributed by atoms with Crippen LogP contribution in [0.25, 0.3) is 10.1 Å². The first-order chi connectivity index (χ1) is 8.62. The molecule has 7 heteroatoms. The molecular formula is C11H11ClN2O3S. The zero-order chi connectivity index (χ0) is 13.3. The van der Waals surface area contributed by atoms with Crippen LogP contribution in [0, 0.1) is 5.41 Å². The summed E-state index contributed by atoms with van der Waals surface area (Å²) in [5.74, 6) is 0.914. The van der Waals surface area contributed by atoms with Gasteiger partial charge in [0.25, 0.3) is 0 Å². The van der Waals surface area contributed by atoms with Crippen LogP contribution in [0.1, 0.15) is 4.88 Å². The van der Waals surface area contributed by atoms with Gasteiger partial charge in [-0.25, -0.2) is 0 Å². The normalized spacial score (nSPS) is 10.4. The Kier molecular flexibility index (Phi) is 3.60. The third-order valence-corrected chi connectivity index (χ3v) is 3.94. The van der Waals surface area contributed by atoms with Crippen LogP contribution in [0.15, 0.2) is 12.1 Å². The van der Waals surface area contributed by atoms with E-state index in [-0.39, 0.29) is 5.84 Å². The van der Waals surface area contributed by atoms with Crippen molar-refractivity contribution >= 4 is 38.9 Å². The average molecular weight is 287 g/mol. The number of rotatable bonds is 3. The number of halogens is 1. The Bertz CT molecular complexity index is 612. The summed E-state index contributed by atoms with van der Waals surface area (Å²) in [6.07, 6.45) is 0. The zero-order valence-corrected chi connectivity index (χ0v) is 11.3. The summed E-state index contributed by atoms with van der Waals surface area (Å²) in [4.78, 5) is 0.574. The molecule has 0 radical (unpaired) electrons. The molecule has 0 saturated heterocycles. The van der Waals surface area contributed by atoms with Gasteiger partial charge in [-0.05, 0) is 6.07 Å². The fraction of sp³-hybridized carbons (Fsp3) is 0.182. The number of hydrogen-bond acceptors (Lipinski definition) is 5. The van der Waals surface area contributed by atoms with Crippen molar-refractivity contribution < 1.29 is 14.7 Å². The lowest BCUT2D eigenvalue weighted by Gasteiger charge is -2.09. The van der Waals surface area contributed by atoms with Crippen LogP contribution in [0.4, 0.5) is 0 Å². The van der Waals surface area contributed by atoms with Crippen LogP contribution >= 0.6 is 22.9 Å². The predicted octanol–water partition coefficient (Wildman–Crippen LogP) is 2.88. The maximum absolute atomic E-state index is 8.73. The Hall–Kier alpha value is -1.50. The van der Waals surface area contributed by atoms with E-state index in [0.29, 0.717) is 21.4 Å². The molecule has 0 aliphatic carbocycles. The van der Waals surface area contributed by atoms with E-state index in [1.54, 1.807) is 17.6 Å². The maximum Gasteiger partial charge on any atom is 0.180 e. The Balaban J connectivity index is 2.69. The summed E-state index contributed by atoms with van der Waals surface area (Å²) < 4.78 is 11.3. The van der Waals surface area contributed by atoms with Gasteiger partial charge in [0.15, 0.2) is 17.3 Å². The van der Waals surface area contributed by atoms with Gasteiger partial charge in [-0.2, -0.15) is 0 Å². The summed E-state index contributed by atoms with van der Waals surface area (Å²) in [6, 6.07) is 3.51. The van der Waals surface area contributed by atoms with Crippen molar-refractivity contribution in [1.82, 2.24) is 5.48 Å². The number of nitrogens with one attached hydrogen (secondary N) is 2. The minimum atomic E-state index is -0.0785. The average Bonchev–Trinajstić information content (AvgIpc) is 2.81. The Morgan fingerprint density at radius 2 is 2.11 bits per heavy atom. The van der Waals surface area contributed by atoms with Crippen molar-refractivity contribution in [3.63, 3.8) is 0 Å². The minimum Gasteiger partial charge on any atom is -0.493 e. The minimum absolute atomic E-state index is 0.0785. The van der Waals surface area contributed by atoms with Crippen molar-refractivity contribution in [2.24, 2.45) is 0 Å². The molecule has 0 saturated carbocycles. The predicted molar refractivity (Wildman–Crippen MR) is 71.7 cm³/mol. The molecule has 0 spiro atoms. The van der Waals surface area contributed by atoms with Gasteiger partial charge in [-0.15, -0.1) is 11.3 Å². The van der Waals surface area contributed by atoms with Crippen LogP contribution < -0.4 is 15.0 Å². The molecule has 0 amide bonds. The van der Waals surface area contributed by atoms with E-state index in [1.165, 1.54) is 25.6 Å². The van der Waals surface area contributed by atoms with Gasteiger partial charge < -0.3 is 9.47 Å². The highest BCUT2D eigenvalue weighted by Crippen LogP contribution is 2.43. The number of benzene rings is 1. The summed E-state index contributed by atoms with van der Waals surface area (Å²) in [5.41, 5.74) is 1.81. The quantitative estimate of drug-likeness (QED) is 0.461. The van der Waals surface area contributed by atoms with E-state index in [2.05, 4.69) is 0 Å². The topological polar surface area (TPSA) is 74.6 Å². The Morgan fingerprint density at radius 3 is 2.67 bits per heavy atom. The highest BCUT2D eigenvalue weighted by Gasteiger charge is 2.16. The second-order valence-electron chi connectivity index (χ2n) is 3.44. The van der Waals surface area contributed by atoms with E-state index >= 15 is 0 Å². The molecule has 2 aromatic rings. The number of ether oxygens (including phenoxy) is 2. The van der Waals surface area contributed by atoms with Crippen molar-refractivity contribution in [2.75, 3.05) is 14.2 Å². The lowest BCUT2D eigenvalue weighted by molar-refractivity contribution is 0.234. The molecular weight excluding hydrogens is 276 g/mol. The van der Waals surface area contributed by atoms with Gasteiger partial charge >= 0.3 is 0 Å². The Morgan fingerprint density at radius 1 is 1.39 bits per heavy atom. The zero-order valence-electron chi connectivity index (χ0n) is 9.70. The van der Waals surface area contributed by atoms with E-state index in [0.717, 1.165) is 10.1 Å². The number of hydroxylamine groups is 1. The molecule has 1 aromatic carbocycles. The highest BCUT2D eigenvalue weighted by atomic mass is 35.5. The van der Waals surface area contributed by atoms with E-state index in [4.69, 9.17) is 31.7 Å². The molecule has 1 heterocycles. The molecule has 0 aliphatic heterocycles. The molecule has 96 valence electrons. The highest BCUT2D eigenvalue weighted by molar-refractivity contribution is 7.21. The monoisotopic (exact) mass is 286 g/mol. The second-order valence-corrected chi connectivity index (χ2v) is 4.90. The van der Waals surface area contributed by atoms with Crippen LogP contribution in [-0.4, -0.2) is 25.3 Å². The smallest absolute Gasteiger partial charge is 0.180 e. The summed E-state index contributed by atoms with van der Waals surface area (Å²) in [5, 5.41) is 17.4. The van der Waals surface area contributed by atoms with Crippen LogP contribution in [0.3, 0.4) is 0 Å². The second kappa shape index (κ2) is 5.01. The molecule has 5 nitrogen and oxygen atoms in total. The van der Waals surface area contributed by atoms with Crippen LogP contribution in [0.2, 0.25) is 5.02 Å². The molecule has 18 heavy (non-hydrogen) atoms. The number of methoxy groups -OCH3 is 2. The lowest BCUT2D eigenvalue weighted by atomic mass is 10.2. The molecule has 0 fully saturated rings. The third kappa shape index (κ3) is 1.98. The lowest BCUT2D eigenvalue weighted by Crippen LogP contribution is -2.16. The largest absolute Gasteiger partial charge is 0.493 e. The number of hydrogen-bond donors (Lipinski definition) is 3.